The van der Waals surface area contributed by atoms with E-state index in [4.69, 9.17) is 0 Å². The molecule has 0 saturated carbocycles. The Balaban J connectivity index is 2.11. The van der Waals surface area contributed by atoms with Crippen molar-refractivity contribution in [3.05, 3.63) is 28.7 Å². The summed E-state index contributed by atoms with van der Waals surface area (Å²) in [6.07, 6.45) is 0. The van der Waals surface area contributed by atoms with Crippen molar-refractivity contribution >= 4 is 21.6 Å². The summed E-state index contributed by atoms with van der Waals surface area (Å²) in [6, 6.07) is 8.56. The van der Waals surface area contributed by atoms with Gasteiger partial charge in [-0.2, -0.15) is 0 Å². The molecule has 2 rings (SSSR count). The van der Waals surface area contributed by atoms with Gasteiger partial charge in [0, 0.05) is 29.8 Å². The normalized spacial score (nSPS) is 22.4. The highest BCUT2D eigenvalue weighted by Gasteiger charge is 2.23. The van der Waals surface area contributed by atoms with Crippen LogP contribution < -0.4 is 4.90 Å². The number of hydrogen-bond donors (Lipinski definition) is 1. The third-order valence-electron chi connectivity index (χ3n) is 3.16. The highest BCUT2D eigenvalue weighted by atomic mass is 79.9. The second-order valence-electron chi connectivity index (χ2n) is 4.24. The number of aliphatic hydroxyl groups excluding tert-OH is 1. The minimum absolute atomic E-state index is 0.223. The SMILES string of the molecule is CN1CCN(c2cccc(Br)c2)CC1CO. The molecule has 1 aliphatic heterocycles. The summed E-state index contributed by atoms with van der Waals surface area (Å²) < 4.78 is 1.10. The van der Waals surface area contributed by atoms with Gasteiger partial charge in [-0.1, -0.05) is 22.0 Å². The van der Waals surface area contributed by atoms with Crippen molar-refractivity contribution in [3.63, 3.8) is 0 Å². The Kier molecular flexibility index (Phi) is 3.84. The Hall–Kier alpha value is -0.580. The highest BCUT2D eigenvalue weighted by Crippen LogP contribution is 2.22. The van der Waals surface area contributed by atoms with Crippen LogP contribution in [0.5, 0.6) is 0 Å². The van der Waals surface area contributed by atoms with E-state index in [0.717, 1.165) is 24.1 Å². The van der Waals surface area contributed by atoms with E-state index in [1.165, 1.54) is 5.69 Å². The Labute approximate surface area is 105 Å². The Morgan fingerprint density at radius 3 is 2.94 bits per heavy atom. The number of halogens is 1. The summed E-state index contributed by atoms with van der Waals surface area (Å²) >= 11 is 3.49. The van der Waals surface area contributed by atoms with Crippen molar-refractivity contribution in [3.8, 4) is 0 Å². The lowest BCUT2D eigenvalue weighted by molar-refractivity contribution is 0.135. The number of nitrogens with zero attached hydrogens (tertiary/aromatic N) is 2. The molecule has 88 valence electrons. The summed E-state index contributed by atoms with van der Waals surface area (Å²) in [4.78, 5) is 4.54. The molecule has 3 nitrogen and oxygen atoms in total. The Morgan fingerprint density at radius 2 is 2.25 bits per heavy atom. The molecule has 1 aliphatic rings. The second kappa shape index (κ2) is 5.17. The van der Waals surface area contributed by atoms with E-state index < -0.39 is 0 Å². The predicted molar refractivity (Wildman–Crippen MR) is 69.9 cm³/mol. The van der Waals surface area contributed by atoms with Crippen molar-refractivity contribution in [2.24, 2.45) is 0 Å². The lowest BCUT2D eigenvalue weighted by atomic mass is 10.1. The standard InChI is InChI=1S/C12H17BrN2O/c1-14-5-6-15(8-12(14)9-16)11-4-2-3-10(13)7-11/h2-4,7,12,16H,5-6,8-9H2,1H3. The Bertz CT molecular complexity index is 359. The average molecular weight is 285 g/mol. The van der Waals surface area contributed by atoms with Gasteiger partial charge < -0.3 is 10.0 Å². The number of aliphatic hydroxyl groups is 1. The van der Waals surface area contributed by atoms with Crippen molar-refractivity contribution in [2.45, 2.75) is 6.04 Å². The maximum atomic E-state index is 9.30. The third kappa shape index (κ3) is 2.56. The minimum Gasteiger partial charge on any atom is -0.395 e. The zero-order valence-corrected chi connectivity index (χ0v) is 11.0. The van der Waals surface area contributed by atoms with Gasteiger partial charge in [0.15, 0.2) is 0 Å². The van der Waals surface area contributed by atoms with Gasteiger partial charge in [0.2, 0.25) is 0 Å². The van der Waals surface area contributed by atoms with Crippen LogP contribution in [0.4, 0.5) is 5.69 Å². The van der Waals surface area contributed by atoms with Gasteiger partial charge in [-0.25, -0.2) is 0 Å². The van der Waals surface area contributed by atoms with Crippen molar-refractivity contribution in [1.82, 2.24) is 4.90 Å². The van der Waals surface area contributed by atoms with Crippen LogP contribution in [-0.4, -0.2) is 49.3 Å². The fourth-order valence-corrected chi connectivity index (χ4v) is 2.44. The van der Waals surface area contributed by atoms with Crippen LogP contribution in [-0.2, 0) is 0 Å². The van der Waals surface area contributed by atoms with Gasteiger partial charge in [-0.05, 0) is 25.2 Å². The zero-order valence-electron chi connectivity index (χ0n) is 9.43. The molecule has 1 N–H and O–H groups in total. The molecule has 1 atom stereocenters. The molecule has 0 spiro atoms. The lowest BCUT2D eigenvalue weighted by Crippen LogP contribution is -2.53. The summed E-state index contributed by atoms with van der Waals surface area (Å²) in [7, 11) is 2.07. The third-order valence-corrected chi connectivity index (χ3v) is 3.65. The van der Waals surface area contributed by atoms with Crippen LogP contribution in [0.2, 0.25) is 0 Å². The number of piperazine rings is 1. The summed E-state index contributed by atoms with van der Waals surface area (Å²) in [6.45, 7) is 3.13. The summed E-state index contributed by atoms with van der Waals surface area (Å²) in [5.74, 6) is 0. The van der Waals surface area contributed by atoms with Gasteiger partial charge in [0.25, 0.3) is 0 Å². The van der Waals surface area contributed by atoms with E-state index in [2.05, 4.69) is 44.9 Å². The maximum Gasteiger partial charge on any atom is 0.0604 e. The van der Waals surface area contributed by atoms with Gasteiger partial charge in [-0.3, -0.25) is 4.90 Å². The largest absolute Gasteiger partial charge is 0.395 e. The smallest absolute Gasteiger partial charge is 0.0604 e. The minimum atomic E-state index is 0.223. The molecule has 1 saturated heterocycles. The molecule has 0 aromatic heterocycles. The monoisotopic (exact) mass is 284 g/mol. The predicted octanol–water partition coefficient (Wildman–Crippen LogP) is 1.56. The van der Waals surface area contributed by atoms with E-state index >= 15 is 0 Å². The Morgan fingerprint density at radius 1 is 1.44 bits per heavy atom. The van der Waals surface area contributed by atoms with Crippen LogP contribution in [0.25, 0.3) is 0 Å². The molecule has 0 bridgehead atoms. The number of benzene rings is 1. The number of likely N-dealkylation sites (N-methyl/N-ethyl adjacent to an activating group) is 1. The first-order valence-electron chi connectivity index (χ1n) is 5.52. The van der Waals surface area contributed by atoms with Gasteiger partial charge in [0.05, 0.1) is 12.6 Å². The maximum absolute atomic E-state index is 9.30. The van der Waals surface area contributed by atoms with E-state index in [-0.39, 0.29) is 12.6 Å². The van der Waals surface area contributed by atoms with Crippen LogP contribution in [0.15, 0.2) is 28.7 Å². The fraction of sp³-hybridized carbons (Fsp3) is 0.500. The summed E-state index contributed by atoms with van der Waals surface area (Å²) in [5.41, 5.74) is 1.22. The molecule has 0 radical (unpaired) electrons. The van der Waals surface area contributed by atoms with Gasteiger partial charge in [-0.15, -0.1) is 0 Å². The number of hydrogen-bond acceptors (Lipinski definition) is 3. The molecule has 0 aliphatic carbocycles. The highest BCUT2D eigenvalue weighted by molar-refractivity contribution is 9.10. The zero-order chi connectivity index (χ0) is 11.5. The molecule has 1 aromatic carbocycles. The number of anilines is 1. The topological polar surface area (TPSA) is 26.7 Å². The van der Waals surface area contributed by atoms with E-state index in [1.54, 1.807) is 0 Å². The molecule has 16 heavy (non-hydrogen) atoms. The summed E-state index contributed by atoms with van der Waals surface area (Å²) in [5, 5.41) is 9.30. The fourth-order valence-electron chi connectivity index (χ4n) is 2.05. The first-order chi connectivity index (χ1) is 7.70. The quantitative estimate of drug-likeness (QED) is 0.893. The van der Waals surface area contributed by atoms with Crippen LogP contribution in [0.1, 0.15) is 0 Å². The van der Waals surface area contributed by atoms with Crippen molar-refractivity contribution < 1.29 is 5.11 Å². The average Bonchev–Trinajstić information content (AvgIpc) is 2.29. The van der Waals surface area contributed by atoms with Gasteiger partial charge >= 0.3 is 0 Å². The van der Waals surface area contributed by atoms with E-state index in [9.17, 15) is 5.11 Å². The van der Waals surface area contributed by atoms with Crippen LogP contribution in [0, 0.1) is 0 Å². The molecule has 1 heterocycles. The number of rotatable bonds is 2. The molecular formula is C12H17BrN2O. The second-order valence-corrected chi connectivity index (χ2v) is 5.16. The van der Waals surface area contributed by atoms with Crippen LogP contribution in [0.3, 0.4) is 0 Å². The first-order valence-corrected chi connectivity index (χ1v) is 6.31. The molecule has 1 unspecified atom stereocenters. The van der Waals surface area contributed by atoms with E-state index in [0.29, 0.717) is 0 Å². The first kappa shape index (κ1) is 11.9. The molecule has 4 heteroatoms. The molecule has 1 aromatic rings. The van der Waals surface area contributed by atoms with Crippen LogP contribution >= 0.6 is 15.9 Å². The van der Waals surface area contributed by atoms with Crippen molar-refractivity contribution in [1.29, 1.82) is 0 Å². The molecule has 0 amide bonds. The lowest BCUT2D eigenvalue weighted by Gasteiger charge is -2.39. The molecular weight excluding hydrogens is 268 g/mol. The molecule has 1 fully saturated rings. The van der Waals surface area contributed by atoms with Crippen molar-refractivity contribution in [2.75, 3.05) is 38.2 Å². The van der Waals surface area contributed by atoms with E-state index in [1.807, 2.05) is 12.1 Å². The van der Waals surface area contributed by atoms with Gasteiger partial charge in [0.1, 0.15) is 0 Å².